The van der Waals surface area contributed by atoms with Crippen LogP contribution in [0.25, 0.3) is 0 Å². The Hall–Kier alpha value is -5.35. The first kappa shape index (κ1) is 112. The van der Waals surface area contributed by atoms with Gasteiger partial charge in [-0.05, 0) is 161 Å². The van der Waals surface area contributed by atoms with Crippen molar-refractivity contribution in [3.8, 4) is 0 Å². The number of hydrogen-bond donors (Lipinski definition) is 4. The van der Waals surface area contributed by atoms with Gasteiger partial charge in [-0.15, -0.1) is 0 Å². The predicted molar refractivity (Wildman–Crippen MR) is 491 cm³/mol. The monoisotopic (exact) mass is 1670 g/mol. The maximum absolute atomic E-state index is 13.1. The Kier molecular flexibility index (Phi) is 85.8. The molecule has 4 N–H and O–H groups in total. The van der Waals surface area contributed by atoms with Crippen molar-refractivity contribution in [1.29, 1.82) is 0 Å². The van der Waals surface area contributed by atoms with Crippen molar-refractivity contribution in [3.63, 3.8) is 0 Å². The highest BCUT2D eigenvalue weighted by Crippen LogP contribution is 2.45. The van der Waals surface area contributed by atoms with Crippen LogP contribution in [-0.2, 0) is 55.8 Å². The number of phosphoric ester groups is 2. The van der Waals surface area contributed by atoms with Gasteiger partial charge in [0.25, 0.3) is 0 Å². The number of rotatable bonds is 86. The minimum absolute atomic E-state index is 0.0846. The molecule has 0 aromatic carbocycles. The molecule has 0 aromatic rings. The van der Waals surface area contributed by atoms with Gasteiger partial charge in [0.1, 0.15) is 25.4 Å². The molecule has 0 saturated carbocycles. The van der Waals surface area contributed by atoms with Crippen molar-refractivity contribution in [2.45, 2.75) is 386 Å². The Balaban J connectivity index is 4.57. The zero-order chi connectivity index (χ0) is 85.1. The zero-order valence-electron chi connectivity index (χ0n) is 73.6. The van der Waals surface area contributed by atoms with Crippen molar-refractivity contribution < 1.29 is 75.8 Å². The molecule has 0 fully saturated rings. The highest BCUT2D eigenvalue weighted by Gasteiger charge is 2.29. The van der Waals surface area contributed by atoms with E-state index in [0.29, 0.717) is 19.3 Å². The highest BCUT2D eigenvalue weighted by atomic mass is 31.2. The molecular formula is C99H166O16P2. The molecule has 0 bridgehead atoms. The minimum atomic E-state index is -4.95. The van der Waals surface area contributed by atoms with Gasteiger partial charge in [-0.2, -0.15) is 0 Å². The lowest BCUT2D eigenvalue weighted by atomic mass is 10.0. The second-order valence-electron chi connectivity index (χ2n) is 30.3. The van der Waals surface area contributed by atoms with E-state index in [4.69, 9.17) is 32.3 Å². The normalized spacial score (nSPS) is 14.6. The summed E-state index contributed by atoms with van der Waals surface area (Å²) in [5.41, 5.74) is 0. The second-order valence-corrected chi connectivity index (χ2v) is 33.2. The molecular weight excluding hydrogens is 1510 g/mol. The van der Waals surface area contributed by atoms with Crippen molar-refractivity contribution in [1.82, 2.24) is 0 Å². The fraction of sp³-hybridized carbons (Fsp3) is 0.667. The fourth-order valence-electron chi connectivity index (χ4n) is 12.2. The summed E-state index contributed by atoms with van der Waals surface area (Å²) in [6, 6.07) is 0. The van der Waals surface area contributed by atoms with Crippen LogP contribution < -0.4 is 0 Å². The fourth-order valence-corrected chi connectivity index (χ4v) is 13.8. The predicted octanol–water partition coefficient (Wildman–Crippen LogP) is 28.4. The van der Waals surface area contributed by atoms with Gasteiger partial charge in [0, 0.05) is 19.3 Å². The first-order valence-corrected chi connectivity index (χ1v) is 49.1. The lowest BCUT2D eigenvalue weighted by Gasteiger charge is -2.21. The lowest BCUT2D eigenvalue weighted by molar-refractivity contribution is -0.161. The molecule has 5 unspecified atom stereocenters. The molecule has 0 rings (SSSR count). The molecule has 0 radical (unpaired) electrons. The standard InChI is InChI=1S/C99H166O16P2/c1-4-7-10-13-16-19-22-25-28-31-34-36-38-40-42-44-45-46-47-49-51-52-54-56-59-61-64-67-70-73-76-79-82-85-97(102)109-88-94(100)89-111-116(105,106)112-90-95(101)91-113-117(107,108)114-93-96(115-99(104)87-84-81-78-75-72-69-66-63-58-33-30-27-24-21-18-15-12-9-6-3)92-110-98(103)86-83-80-77-74-71-68-65-62-60-57-55-53-50-48-43-41-39-37-35-32-29-26-23-20-17-14-11-8-5-2/h7-8,10-11,16-21,25-30,34-37,40-43,45-46,50,53,58,63,94-96,100-101H,4-6,9,12-15,22-24,31-33,38-39,44,47-49,51-52,54-57,59-62,64-93H2,1-3H3,(H,105,106)(H,107,108)/b10-7-,11-8-,19-16-,20-17-,21-18-,28-25-,29-26-,30-27-,36-34-,37-35-,42-40-,43-41-,46-45-,53-50-,63-58-. The highest BCUT2D eigenvalue weighted by molar-refractivity contribution is 7.47. The Morgan fingerprint density at radius 1 is 0.248 bits per heavy atom. The van der Waals surface area contributed by atoms with Gasteiger partial charge in [-0.25, -0.2) is 9.13 Å². The SMILES string of the molecule is CC/C=C\C/C=C\C/C=C\C/C=C\C/C=C\C/C=C\CCCCCCCCCCCCCCCCC(=O)OCC(O)COP(=O)(O)OCC(O)COP(=O)(O)OCC(COC(=O)CCCCCCCCCCCC/C=C\C/C=C\C/C=C\C/C=C\C/C=C\C/C=C\CC)OC(=O)CCCCCCCC/C=C\C/C=C\C/C=C\CCCCC. The summed E-state index contributed by atoms with van der Waals surface area (Å²) < 4.78 is 61.5. The molecule has 16 nitrogen and oxygen atoms in total. The Morgan fingerprint density at radius 3 is 0.718 bits per heavy atom. The summed E-state index contributed by atoms with van der Waals surface area (Å²) in [6.07, 6.45) is 118. The lowest BCUT2D eigenvalue weighted by Crippen LogP contribution is -2.30. The molecule has 0 aliphatic rings. The van der Waals surface area contributed by atoms with Crippen LogP contribution >= 0.6 is 15.6 Å². The van der Waals surface area contributed by atoms with Gasteiger partial charge in [-0.3, -0.25) is 32.5 Å². The molecule has 0 spiro atoms. The van der Waals surface area contributed by atoms with Gasteiger partial charge in [0.15, 0.2) is 6.10 Å². The summed E-state index contributed by atoms with van der Waals surface area (Å²) >= 11 is 0. The summed E-state index contributed by atoms with van der Waals surface area (Å²) in [6.45, 7) is 2.44. The number of aliphatic hydroxyl groups excluding tert-OH is 2. The average Bonchev–Trinajstić information content (AvgIpc) is 0.901. The van der Waals surface area contributed by atoms with Crippen molar-refractivity contribution in [2.75, 3.05) is 39.6 Å². The number of allylic oxidation sites excluding steroid dienone is 30. The largest absolute Gasteiger partial charge is 0.472 e. The first-order chi connectivity index (χ1) is 57.2. The Labute approximate surface area is 713 Å². The molecule has 0 amide bonds. The van der Waals surface area contributed by atoms with Crippen LogP contribution in [0.3, 0.4) is 0 Å². The van der Waals surface area contributed by atoms with Crippen LogP contribution in [-0.4, -0.2) is 95.9 Å². The van der Waals surface area contributed by atoms with E-state index in [-0.39, 0.29) is 19.3 Å². The maximum Gasteiger partial charge on any atom is 0.472 e. The van der Waals surface area contributed by atoms with Crippen LogP contribution in [0.5, 0.6) is 0 Å². The molecule has 0 aliphatic heterocycles. The van der Waals surface area contributed by atoms with Gasteiger partial charge in [-0.1, -0.05) is 370 Å². The summed E-state index contributed by atoms with van der Waals surface area (Å²) in [4.78, 5) is 59.0. The summed E-state index contributed by atoms with van der Waals surface area (Å²) in [5.74, 6) is -1.59. The number of carbonyl (C=O) groups excluding carboxylic acids is 3. The van der Waals surface area contributed by atoms with Crippen molar-refractivity contribution in [2.24, 2.45) is 0 Å². The Morgan fingerprint density at radius 2 is 0.453 bits per heavy atom. The van der Waals surface area contributed by atoms with Gasteiger partial charge >= 0.3 is 33.6 Å². The summed E-state index contributed by atoms with van der Waals surface area (Å²) in [5, 5.41) is 20.7. The van der Waals surface area contributed by atoms with E-state index >= 15 is 0 Å². The molecule has 117 heavy (non-hydrogen) atoms. The quantitative estimate of drug-likeness (QED) is 0.0146. The van der Waals surface area contributed by atoms with E-state index in [9.17, 15) is 43.5 Å². The molecule has 0 heterocycles. The number of aliphatic hydroxyl groups is 2. The molecule has 0 aliphatic carbocycles. The van der Waals surface area contributed by atoms with Crippen LogP contribution in [0.2, 0.25) is 0 Å². The number of carbonyl (C=O) groups is 3. The van der Waals surface area contributed by atoms with E-state index < -0.39 is 91.5 Å². The van der Waals surface area contributed by atoms with Crippen molar-refractivity contribution >= 4 is 33.6 Å². The smallest absolute Gasteiger partial charge is 0.463 e. The molecule has 668 valence electrons. The van der Waals surface area contributed by atoms with Crippen molar-refractivity contribution in [3.05, 3.63) is 182 Å². The second kappa shape index (κ2) is 89.9. The zero-order valence-corrected chi connectivity index (χ0v) is 75.4. The number of phosphoric acid groups is 2. The average molecular weight is 1670 g/mol. The molecule has 0 aromatic heterocycles. The number of ether oxygens (including phenoxy) is 3. The number of unbranched alkanes of at least 4 members (excludes halogenated alkanes) is 33. The van der Waals surface area contributed by atoms with Crippen LogP contribution in [0.4, 0.5) is 0 Å². The third-order valence-electron chi connectivity index (χ3n) is 19.1. The number of hydrogen-bond acceptors (Lipinski definition) is 14. The molecule has 18 heteroatoms. The molecule has 0 saturated heterocycles. The topological polar surface area (TPSA) is 231 Å². The Bertz CT molecular complexity index is 2860. The third kappa shape index (κ3) is 91.2. The van der Waals surface area contributed by atoms with E-state index in [1.54, 1.807) is 0 Å². The van der Waals surface area contributed by atoms with Gasteiger partial charge in [0.05, 0.1) is 26.4 Å². The van der Waals surface area contributed by atoms with E-state index in [1.165, 1.54) is 116 Å². The van der Waals surface area contributed by atoms with Gasteiger partial charge in [0.2, 0.25) is 0 Å². The first-order valence-electron chi connectivity index (χ1n) is 46.1. The van der Waals surface area contributed by atoms with E-state index in [2.05, 4.69) is 203 Å². The summed E-state index contributed by atoms with van der Waals surface area (Å²) in [7, 11) is -9.82. The van der Waals surface area contributed by atoms with E-state index in [0.717, 1.165) is 193 Å². The van der Waals surface area contributed by atoms with Crippen LogP contribution in [0, 0.1) is 0 Å². The van der Waals surface area contributed by atoms with Gasteiger partial charge < -0.3 is 34.2 Å². The van der Waals surface area contributed by atoms with E-state index in [1.807, 2.05) is 0 Å². The van der Waals surface area contributed by atoms with Crippen LogP contribution in [0.15, 0.2) is 182 Å². The minimum Gasteiger partial charge on any atom is -0.463 e. The third-order valence-corrected chi connectivity index (χ3v) is 21.0. The number of esters is 3. The van der Waals surface area contributed by atoms with Crippen LogP contribution in [0.1, 0.15) is 367 Å². The maximum atomic E-state index is 13.1. The molecule has 5 atom stereocenters.